The summed E-state index contributed by atoms with van der Waals surface area (Å²) in [4.78, 5) is 14.9. The Bertz CT molecular complexity index is 324. The fourth-order valence-corrected chi connectivity index (χ4v) is 3.20. The van der Waals surface area contributed by atoms with Crippen LogP contribution in [0.2, 0.25) is 0 Å². The third-order valence-corrected chi connectivity index (χ3v) is 5.08. The first-order chi connectivity index (χ1) is 8.40. The monoisotopic (exact) mass is 252 g/mol. The van der Waals surface area contributed by atoms with E-state index in [4.69, 9.17) is 0 Å². The quantitative estimate of drug-likeness (QED) is 0.834. The smallest absolute Gasteiger partial charge is 0.244 e. The van der Waals surface area contributed by atoms with Crippen molar-refractivity contribution in [2.24, 2.45) is 11.8 Å². The van der Waals surface area contributed by atoms with Crippen LogP contribution in [0, 0.1) is 11.8 Å². The summed E-state index contributed by atoms with van der Waals surface area (Å²) in [6.07, 6.45) is 4.99. The number of nitrogens with one attached hydrogen (secondary N) is 1. The van der Waals surface area contributed by atoms with Crippen molar-refractivity contribution in [2.75, 3.05) is 0 Å². The summed E-state index contributed by atoms with van der Waals surface area (Å²) in [5.74, 6) is 1.49. The fraction of sp³-hybridized carbons (Fsp3) is 0.933. The van der Waals surface area contributed by atoms with Gasteiger partial charge in [0.1, 0.15) is 0 Å². The zero-order chi connectivity index (χ0) is 13.5. The van der Waals surface area contributed by atoms with Crippen molar-refractivity contribution in [2.45, 2.75) is 78.0 Å². The SMILES string of the molecule is CCC1(C)NC(C(C)C)N(C(C)C2CCC2)C1=O. The van der Waals surface area contributed by atoms with Gasteiger partial charge in [0.15, 0.2) is 0 Å². The van der Waals surface area contributed by atoms with E-state index < -0.39 is 0 Å². The van der Waals surface area contributed by atoms with Crippen LogP contribution in [-0.2, 0) is 4.79 Å². The molecular formula is C15H28N2O. The number of carbonyl (C=O) groups excluding carboxylic acids is 1. The van der Waals surface area contributed by atoms with E-state index in [1.165, 1.54) is 19.3 Å². The van der Waals surface area contributed by atoms with E-state index in [-0.39, 0.29) is 11.7 Å². The highest BCUT2D eigenvalue weighted by Crippen LogP contribution is 2.37. The molecule has 104 valence electrons. The molecule has 1 aliphatic carbocycles. The number of rotatable bonds is 4. The maximum Gasteiger partial charge on any atom is 0.244 e. The third-order valence-electron chi connectivity index (χ3n) is 5.08. The van der Waals surface area contributed by atoms with Gasteiger partial charge in [-0.3, -0.25) is 10.1 Å². The summed E-state index contributed by atoms with van der Waals surface area (Å²) < 4.78 is 0. The lowest BCUT2D eigenvalue weighted by Gasteiger charge is -2.41. The molecule has 0 aromatic heterocycles. The predicted octanol–water partition coefficient (Wildman–Crippen LogP) is 2.76. The van der Waals surface area contributed by atoms with E-state index in [2.05, 4.69) is 44.8 Å². The maximum atomic E-state index is 12.7. The second-order valence-corrected chi connectivity index (χ2v) is 6.66. The van der Waals surface area contributed by atoms with Crippen molar-refractivity contribution in [3.8, 4) is 0 Å². The number of carbonyl (C=O) groups is 1. The van der Waals surface area contributed by atoms with Crippen molar-refractivity contribution in [1.29, 1.82) is 0 Å². The summed E-state index contributed by atoms with van der Waals surface area (Å²) in [7, 11) is 0. The molecule has 1 aliphatic heterocycles. The van der Waals surface area contributed by atoms with Crippen LogP contribution in [0.15, 0.2) is 0 Å². The molecule has 3 heteroatoms. The molecule has 18 heavy (non-hydrogen) atoms. The minimum Gasteiger partial charge on any atom is -0.322 e. The van der Waals surface area contributed by atoms with Gasteiger partial charge < -0.3 is 4.90 Å². The van der Waals surface area contributed by atoms with Gasteiger partial charge in [-0.05, 0) is 44.9 Å². The highest BCUT2D eigenvalue weighted by molar-refractivity contribution is 5.88. The van der Waals surface area contributed by atoms with E-state index in [0.29, 0.717) is 17.9 Å². The van der Waals surface area contributed by atoms with Gasteiger partial charge in [-0.15, -0.1) is 0 Å². The largest absolute Gasteiger partial charge is 0.322 e. The van der Waals surface area contributed by atoms with Crippen molar-refractivity contribution < 1.29 is 4.79 Å². The van der Waals surface area contributed by atoms with Gasteiger partial charge in [0, 0.05) is 6.04 Å². The normalized spacial score (nSPS) is 35.1. The first-order valence-corrected chi connectivity index (χ1v) is 7.51. The Morgan fingerprint density at radius 2 is 2.00 bits per heavy atom. The lowest BCUT2D eigenvalue weighted by molar-refractivity contribution is -0.137. The Kier molecular flexibility index (Phi) is 3.72. The standard InChI is InChI=1S/C15H28N2O/c1-6-15(5)14(18)17(13(16-15)10(2)3)11(4)12-8-7-9-12/h10-13,16H,6-9H2,1-5H3. The first kappa shape index (κ1) is 13.9. The Labute approximate surface area is 111 Å². The van der Waals surface area contributed by atoms with Crippen LogP contribution in [0.3, 0.4) is 0 Å². The molecule has 1 amide bonds. The van der Waals surface area contributed by atoms with Gasteiger partial charge in [0.25, 0.3) is 0 Å². The summed E-state index contributed by atoms with van der Waals surface area (Å²) in [6.45, 7) is 10.8. The zero-order valence-electron chi connectivity index (χ0n) is 12.5. The summed E-state index contributed by atoms with van der Waals surface area (Å²) in [5, 5.41) is 3.58. The molecule has 0 bridgehead atoms. The van der Waals surface area contributed by atoms with E-state index in [1.54, 1.807) is 0 Å². The summed E-state index contributed by atoms with van der Waals surface area (Å²) in [5.41, 5.74) is -0.354. The molecule has 3 unspecified atom stereocenters. The minimum absolute atomic E-state index is 0.207. The van der Waals surface area contributed by atoms with Gasteiger partial charge in [-0.25, -0.2) is 0 Å². The van der Waals surface area contributed by atoms with Gasteiger partial charge in [0.2, 0.25) is 5.91 Å². The van der Waals surface area contributed by atoms with Crippen LogP contribution >= 0.6 is 0 Å². The maximum absolute atomic E-state index is 12.7. The molecule has 2 rings (SSSR count). The summed E-state index contributed by atoms with van der Waals surface area (Å²) >= 11 is 0. The van der Waals surface area contributed by atoms with Crippen molar-refractivity contribution in [1.82, 2.24) is 10.2 Å². The number of amides is 1. The summed E-state index contributed by atoms with van der Waals surface area (Å²) in [6, 6.07) is 0.388. The van der Waals surface area contributed by atoms with E-state index >= 15 is 0 Å². The van der Waals surface area contributed by atoms with E-state index in [9.17, 15) is 4.79 Å². The molecule has 0 aromatic rings. The topological polar surface area (TPSA) is 32.3 Å². The lowest BCUT2D eigenvalue weighted by atomic mass is 9.79. The minimum atomic E-state index is -0.354. The second kappa shape index (κ2) is 4.84. The molecule has 1 N–H and O–H groups in total. The molecule has 1 heterocycles. The van der Waals surface area contributed by atoms with Crippen LogP contribution in [0.5, 0.6) is 0 Å². The van der Waals surface area contributed by atoms with Crippen LogP contribution in [-0.4, -0.2) is 28.6 Å². The average Bonchev–Trinajstić information content (AvgIpc) is 2.50. The van der Waals surface area contributed by atoms with Crippen molar-refractivity contribution >= 4 is 5.91 Å². The van der Waals surface area contributed by atoms with E-state index in [1.807, 2.05) is 0 Å². The molecule has 0 spiro atoms. The van der Waals surface area contributed by atoms with E-state index in [0.717, 1.165) is 12.3 Å². The first-order valence-electron chi connectivity index (χ1n) is 7.51. The highest BCUT2D eigenvalue weighted by atomic mass is 16.2. The van der Waals surface area contributed by atoms with Gasteiger partial charge in [-0.1, -0.05) is 27.2 Å². The van der Waals surface area contributed by atoms with Gasteiger partial charge in [0.05, 0.1) is 11.7 Å². The molecule has 0 aromatic carbocycles. The van der Waals surface area contributed by atoms with Crippen LogP contribution in [0.4, 0.5) is 0 Å². The third kappa shape index (κ3) is 2.07. The number of hydrogen-bond donors (Lipinski definition) is 1. The van der Waals surface area contributed by atoms with Crippen molar-refractivity contribution in [3.63, 3.8) is 0 Å². The lowest BCUT2D eigenvalue weighted by Crippen LogP contribution is -2.50. The Hall–Kier alpha value is -0.570. The Morgan fingerprint density at radius 1 is 1.39 bits per heavy atom. The Morgan fingerprint density at radius 3 is 2.39 bits per heavy atom. The molecule has 2 aliphatic rings. The number of hydrogen-bond acceptors (Lipinski definition) is 2. The van der Waals surface area contributed by atoms with Gasteiger partial charge in [-0.2, -0.15) is 0 Å². The highest BCUT2D eigenvalue weighted by Gasteiger charge is 2.50. The zero-order valence-corrected chi connectivity index (χ0v) is 12.5. The average molecular weight is 252 g/mol. The van der Waals surface area contributed by atoms with Crippen LogP contribution in [0.25, 0.3) is 0 Å². The second-order valence-electron chi connectivity index (χ2n) is 6.66. The van der Waals surface area contributed by atoms with Crippen LogP contribution < -0.4 is 5.32 Å². The predicted molar refractivity (Wildman–Crippen MR) is 74.1 cm³/mol. The molecule has 0 radical (unpaired) electrons. The molecule has 3 atom stereocenters. The molecular weight excluding hydrogens is 224 g/mol. The van der Waals surface area contributed by atoms with Crippen LogP contribution in [0.1, 0.15) is 60.3 Å². The molecule has 1 saturated heterocycles. The molecule has 2 fully saturated rings. The molecule has 3 nitrogen and oxygen atoms in total. The van der Waals surface area contributed by atoms with Gasteiger partial charge >= 0.3 is 0 Å². The van der Waals surface area contributed by atoms with Crippen molar-refractivity contribution in [3.05, 3.63) is 0 Å². The number of nitrogens with zero attached hydrogens (tertiary/aromatic N) is 1. The fourth-order valence-electron chi connectivity index (χ4n) is 3.20. The Balaban J connectivity index is 2.21. The molecule has 1 saturated carbocycles.